The number of carbonyl (C=O) groups is 2. The summed E-state index contributed by atoms with van der Waals surface area (Å²) >= 11 is 6.08. The lowest BCUT2D eigenvalue weighted by Gasteiger charge is -2.35. The van der Waals surface area contributed by atoms with Gasteiger partial charge in [0.2, 0.25) is 5.91 Å². The van der Waals surface area contributed by atoms with Gasteiger partial charge in [-0.05, 0) is 47.5 Å². The van der Waals surface area contributed by atoms with Gasteiger partial charge in [-0.15, -0.1) is 0 Å². The second kappa shape index (κ2) is 8.38. The van der Waals surface area contributed by atoms with Crippen LogP contribution in [0.1, 0.15) is 17.2 Å². The number of benzene rings is 4. The average molecular weight is 481 g/mol. The van der Waals surface area contributed by atoms with Gasteiger partial charge in [-0.2, -0.15) is 0 Å². The Kier molecular flexibility index (Phi) is 5.17. The van der Waals surface area contributed by atoms with Crippen LogP contribution >= 0.6 is 11.6 Å². The van der Waals surface area contributed by atoms with Gasteiger partial charge in [0.05, 0.1) is 11.4 Å². The predicted octanol–water partition coefficient (Wildman–Crippen LogP) is 5.71. The van der Waals surface area contributed by atoms with E-state index in [-0.39, 0.29) is 5.91 Å². The highest BCUT2D eigenvalue weighted by Gasteiger charge is 2.72. The Morgan fingerprint density at radius 2 is 1.26 bits per heavy atom. The summed E-state index contributed by atoms with van der Waals surface area (Å²) in [6.45, 7) is 0. The van der Waals surface area contributed by atoms with Crippen LogP contribution in [0, 0.1) is 0 Å². The Labute approximate surface area is 208 Å². The number of imide groups is 1. The molecule has 172 valence electrons. The van der Waals surface area contributed by atoms with Crippen LogP contribution in [0.2, 0.25) is 5.02 Å². The number of nitrogens with zero attached hydrogens (tertiary/aromatic N) is 2. The molecule has 0 N–H and O–H groups in total. The average Bonchev–Trinajstić information content (AvgIpc) is 3.38. The lowest BCUT2D eigenvalue weighted by molar-refractivity contribution is -0.126. The van der Waals surface area contributed by atoms with Crippen LogP contribution in [-0.2, 0) is 19.8 Å². The number of hydrogen-bond donors (Lipinski definition) is 0. The van der Waals surface area contributed by atoms with E-state index in [1.165, 1.54) is 4.90 Å². The molecule has 2 fully saturated rings. The number of anilines is 2. The molecule has 4 aromatic rings. The monoisotopic (exact) mass is 480 g/mol. The van der Waals surface area contributed by atoms with Gasteiger partial charge in [-0.1, -0.05) is 90.5 Å². The van der Waals surface area contributed by atoms with E-state index in [1.54, 1.807) is 29.3 Å². The topological polar surface area (TPSA) is 49.9 Å². The molecule has 3 atom stereocenters. The van der Waals surface area contributed by atoms with Gasteiger partial charge in [0.25, 0.3) is 5.91 Å². The normalized spacial score (nSPS) is 23.6. The maximum absolute atomic E-state index is 14.5. The van der Waals surface area contributed by atoms with Crippen LogP contribution in [0.15, 0.2) is 115 Å². The quantitative estimate of drug-likeness (QED) is 0.351. The number of halogens is 1. The highest BCUT2D eigenvalue weighted by molar-refractivity contribution is 6.31. The number of para-hydroxylation sites is 1. The Morgan fingerprint density at radius 1 is 0.686 bits per heavy atom. The molecule has 2 heterocycles. The van der Waals surface area contributed by atoms with E-state index in [0.29, 0.717) is 10.7 Å². The SMILES string of the molecule is O=C1[C@H]2ON(c3ccccc3)[C@H](c3ccccc3)[C@@]2(c2ccccc2)C(=O)N1c1ccc(Cl)cc1. The Balaban J connectivity index is 1.61. The van der Waals surface area contributed by atoms with E-state index in [4.69, 9.17) is 16.4 Å². The molecule has 0 radical (unpaired) electrons. The predicted molar refractivity (Wildman–Crippen MR) is 135 cm³/mol. The highest BCUT2D eigenvalue weighted by Crippen LogP contribution is 2.57. The molecule has 0 unspecified atom stereocenters. The number of amides is 2. The molecule has 35 heavy (non-hydrogen) atoms. The van der Waals surface area contributed by atoms with Crippen molar-refractivity contribution in [2.75, 3.05) is 9.96 Å². The number of fused-ring (bicyclic) bond motifs is 1. The molecule has 0 aliphatic carbocycles. The number of hydroxylamine groups is 1. The summed E-state index contributed by atoms with van der Waals surface area (Å²) in [7, 11) is 0. The fourth-order valence-corrected chi connectivity index (χ4v) is 5.38. The lowest BCUT2D eigenvalue weighted by atomic mass is 9.69. The summed E-state index contributed by atoms with van der Waals surface area (Å²) in [5.74, 6) is -0.728. The lowest BCUT2D eigenvalue weighted by Crippen LogP contribution is -2.46. The summed E-state index contributed by atoms with van der Waals surface area (Å²) in [6.07, 6.45) is -1.04. The van der Waals surface area contributed by atoms with Gasteiger partial charge in [0.1, 0.15) is 11.5 Å². The molecule has 2 amide bonds. The Bertz CT molecular complexity index is 1380. The van der Waals surface area contributed by atoms with Gasteiger partial charge < -0.3 is 0 Å². The first kappa shape index (κ1) is 21.6. The smallest absolute Gasteiger partial charge is 0.267 e. The van der Waals surface area contributed by atoms with E-state index in [0.717, 1.165) is 16.8 Å². The van der Waals surface area contributed by atoms with Gasteiger partial charge in [0, 0.05) is 5.02 Å². The van der Waals surface area contributed by atoms with Crippen LogP contribution in [0.25, 0.3) is 0 Å². The van der Waals surface area contributed by atoms with Crippen molar-refractivity contribution in [3.8, 4) is 0 Å². The molecule has 0 spiro atoms. The standard InChI is InChI=1S/C29H21ClN2O3/c30-22-16-18-23(19-17-22)31-27(33)26-29(28(31)34,21-12-6-2-7-13-21)25(20-10-4-1-5-11-20)32(35-26)24-14-8-3-9-15-24/h1-19,25-26H/t25-,26-,29-/m1/s1. The second-order valence-electron chi connectivity index (χ2n) is 8.65. The molecule has 0 bridgehead atoms. The van der Waals surface area contributed by atoms with Crippen LogP contribution in [0.5, 0.6) is 0 Å². The molecule has 4 aromatic carbocycles. The van der Waals surface area contributed by atoms with Crippen molar-refractivity contribution in [3.05, 3.63) is 131 Å². The van der Waals surface area contributed by atoms with Gasteiger partial charge in [-0.25, -0.2) is 9.96 Å². The van der Waals surface area contributed by atoms with Gasteiger partial charge >= 0.3 is 0 Å². The van der Waals surface area contributed by atoms with Crippen molar-refractivity contribution < 1.29 is 14.4 Å². The van der Waals surface area contributed by atoms with Crippen LogP contribution in [0.3, 0.4) is 0 Å². The van der Waals surface area contributed by atoms with Crippen molar-refractivity contribution in [2.45, 2.75) is 17.6 Å². The van der Waals surface area contributed by atoms with E-state index < -0.39 is 23.5 Å². The zero-order valence-corrected chi connectivity index (χ0v) is 19.4. The molecular formula is C29H21ClN2O3. The van der Waals surface area contributed by atoms with E-state index in [1.807, 2.05) is 91.0 Å². The van der Waals surface area contributed by atoms with Crippen molar-refractivity contribution >= 4 is 34.8 Å². The maximum Gasteiger partial charge on any atom is 0.267 e. The first-order chi connectivity index (χ1) is 17.1. The third kappa shape index (κ3) is 3.20. The van der Waals surface area contributed by atoms with E-state index in [2.05, 4.69) is 0 Å². The summed E-state index contributed by atoms with van der Waals surface area (Å²) in [6, 6.07) is 34.9. The minimum Gasteiger partial charge on any atom is -0.273 e. The van der Waals surface area contributed by atoms with Gasteiger partial charge in [-0.3, -0.25) is 14.4 Å². The van der Waals surface area contributed by atoms with Crippen molar-refractivity contribution in [1.82, 2.24) is 0 Å². The number of rotatable bonds is 4. The molecule has 2 aliphatic heterocycles. The van der Waals surface area contributed by atoms with E-state index >= 15 is 0 Å². The molecule has 0 aromatic heterocycles. The first-order valence-corrected chi connectivity index (χ1v) is 11.8. The van der Waals surface area contributed by atoms with Gasteiger partial charge in [0.15, 0.2) is 6.10 Å². The third-order valence-corrected chi connectivity index (χ3v) is 7.01. The summed E-state index contributed by atoms with van der Waals surface area (Å²) < 4.78 is 0. The van der Waals surface area contributed by atoms with Crippen LogP contribution in [0.4, 0.5) is 11.4 Å². The third-order valence-electron chi connectivity index (χ3n) is 6.76. The maximum atomic E-state index is 14.5. The molecule has 0 saturated carbocycles. The Hall–Kier alpha value is -3.93. The van der Waals surface area contributed by atoms with Crippen molar-refractivity contribution in [1.29, 1.82) is 0 Å². The highest BCUT2D eigenvalue weighted by atomic mass is 35.5. The zero-order chi connectivity index (χ0) is 24.0. The van der Waals surface area contributed by atoms with Crippen LogP contribution < -0.4 is 9.96 Å². The molecule has 5 nitrogen and oxygen atoms in total. The summed E-state index contributed by atoms with van der Waals surface area (Å²) in [4.78, 5) is 36.2. The fraction of sp³-hybridized carbons (Fsp3) is 0.103. The number of hydrogen-bond acceptors (Lipinski definition) is 4. The second-order valence-corrected chi connectivity index (χ2v) is 9.09. The Morgan fingerprint density at radius 3 is 1.89 bits per heavy atom. The molecular weight excluding hydrogens is 460 g/mol. The minimum atomic E-state index is -1.30. The first-order valence-electron chi connectivity index (χ1n) is 11.4. The summed E-state index contributed by atoms with van der Waals surface area (Å²) in [5, 5.41) is 2.25. The molecule has 2 aliphatic rings. The van der Waals surface area contributed by atoms with Crippen molar-refractivity contribution in [3.63, 3.8) is 0 Å². The van der Waals surface area contributed by atoms with Crippen molar-refractivity contribution in [2.24, 2.45) is 0 Å². The number of carbonyl (C=O) groups excluding carboxylic acids is 2. The minimum absolute atomic E-state index is 0.326. The molecule has 6 rings (SSSR count). The zero-order valence-electron chi connectivity index (χ0n) is 18.6. The van der Waals surface area contributed by atoms with Crippen LogP contribution in [-0.4, -0.2) is 17.9 Å². The molecule has 2 saturated heterocycles. The summed E-state index contributed by atoms with van der Waals surface area (Å²) in [5.41, 5.74) is 1.55. The fourth-order valence-electron chi connectivity index (χ4n) is 5.26. The largest absolute Gasteiger partial charge is 0.273 e. The molecule has 6 heteroatoms. The van der Waals surface area contributed by atoms with E-state index in [9.17, 15) is 9.59 Å².